The van der Waals surface area contributed by atoms with Crippen molar-refractivity contribution >= 4 is 11.7 Å². The van der Waals surface area contributed by atoms with Crippen molar-refractivity contribution in [3.63, 3.8) is 0 Å². The van der Waals surface area contributed by atoms with Crippen LogP contribution in [0, 0.1) is 0 Å². The lowest BCUT2D eigenvalue weighted by Crippen LogP contribution is -2.06. The van der Waals surface area contributed by atoms with Gasteiger partial charge in [0.05, 0.1) is 6.61 Å². The normalized spacial score (nSPS) is 10.3. The van der Waals surface area contributed by atoms with Crippen molar-refractivity contribution in [3.8, 4) is 0 Å². The number of nitrogens with two attached hydrogens (primary N) is 1. The Morgan fingerprint density at radius 1 is 1.50 bits per heavy atom. The summed E-state index contributed by atoms with van der Waals surface area (Å²) < 4.78 is 4.81. The molecule has 1 heterocycles. The number of H-pyrrole nitrogens is 1. The Morgan fingerprint density at radius 2 is 2.33 bits per heavy atom. The smallest absolute Gasteiger partial charge is 0.378 e. The lowest BCUT2D eigenvalue weighted by molar-refractivity contribution is 0.0512. The Hall–Kier alpha value is -2.37. The molecule has 0 radical (unpaired) electrons. The van der Waals surface area contributed by atoms with Crippen LogP contribution in [-0.4, -0.2) is 27.8 Å². The second kappa shape index (κ2) is 5.31. The van der Waals surface area contributed by atoms with Crippen molar-refractivity contribution in [2.45, 2.75) is 13.3 Å². The van der Waals surface area contributed by atoms with Crippen molar-refractivity contribution in [1.82, 2.24) is 15.2 Å². The highest BCUT2D eigenvalue weighted by Crippen LogP contribution is 2.10. The molecule has 18 heavy (non-hydrogen) atoms. The number of nitrogen functional groups attached to an aromatic ring is 1. The van der Waals surface area contributed by atoms with Gasteiger partial charge in [0.25, 0.3) is 5.82 Å². The van der Waals surface area contributed by atoms with E-state index < -0.39 is 5.97 Å². The van der Waals surface area contributed by atoms with Gasteiger partial charge < -0.3 is 10.5 Å². The number of aromatic amines is 1. The van der Waals surface area contributed by atoms with Crippen LogP contribution in [0.4, 0.5) is 5.69 Å². The molecule has 1 aromatic heterocycles. The summed E-state index contributed by atoms with van der Waals surface area (Å²) >= 11 is 0. The van der Waals surface area contributed by atoms with Crippen LogP contribution in [-0.2, 0) is 11.2 Å². The second-order valence-electron chi connectivity index (χ2n) is 3.75. The number of hydrogen-bond acceptors (Lipinski definition) is 5. The largest absolute Gasteiger partial charge is 0.460 e. The summed E-state index contributed by atoms with van der Waals surface area (Å²) in [5.74, 6) is 0.131. The van der Waals surface area contributed by atoms with Gasteiger partial charge in [-0.2, -0.15) is 0 Å². The third-order valence-corrected chi connectivity index (χ3v) is 2.31. The number of rotatable bonds is 4. The summed E-state index contributed by atoms with van der Waals surface area (Å²) in [5.41, 5.74) is 7.38. The third kappa shape index (κ3) is 2.85. The summed E-state index contributed by atoms with van der Waals surface area (Å²) in [5, 5.41) is 6.52. The van der Waals surface area contributed by atoms with Crippen LogP contribution in [0.1, 0.15) is 28.9 Å². The number of benzene rings is 1. The molecule has 0 atom stereocenters. The molecule has 0 spiro atoms. The average molecular weight is 246 g/mol. The van der Waals surface area contributed by atoms with E-state index in [2.05, 4.69) is 15.2 Å². The van der Waals surface area contributed by atoms with E-state index in [9.17, 15) is 4.79 Å². The van der Waals surface area contributed by atoms with Gasteiger partial charge in [-0.05, 0) is 24.6 Å². The fraction of sp³-hybridized carbons (Fsp3) is 0.250. The van der Waals surface area contributed by atoms with Crippen molar-refractivity contribution in [3.05, 3.63) is 41.5 Å². The van der Waals surface area contributed by atoms with Crippen molar-refractivity contribution in [2.24, 2.45) is 0 Å². The fourth-order valence-corrected chi connectivity index (χ4v) is 1.56. The number of nitrogens with zero attached hydrogens (tertiary/aromatic N) is 2. The Morgan fingerprint density at radius 3 is 3.06 bits per heavy atom. The lowest BCUT2D eigenvalue weighted by atomic mass is 10.1. The molecule has 0 aliphatic heterocycles. The van der Waals surface area contributed by atoms with Crippen LogP contribution >= 0.6 is 0 Å². The molecule has 2 aromatic rings. The summed E-state index contributed by atoms with van der Waals surface area (Å²) in [6.45, 7) is 2.04. The van der Waals surface area contributed by atoms with Gasteiger partial charge in [0.2, 0.25) is 0 Å². The van der Waals surface area contributed by atoms with E-state index in [1.807, 2.05) is 24.3 Å². The van der Waals surface area contributed by atoms with Gasteiger partial charge in [-0.25, -0.2) is 9.78 Å². The molecular formula is C12H14N4O2. The quantitative estimate of drug-likeness (QED) is 0.623. The molecule has 0 aliphatic carbocycles. The Labute approximate surface area is 104 Å². The van der Waals surface area contributed by atoms with Crippen molar-refractivity contribution in [1.29, 1.82) is 0 Å². The number of carbonyl (C=O) groups is 1. The second-order valence-corrected chi connectivity index (χ2v) is 3.75. The zero-order valence-electron chi connectivity index (χ0n) is 10.0. The minimum atomic E-state index is -0.521. The zero-order chi connectivity index (χ0) is 13.0. The molecule has 0 aliphatic rings. The van der Waals surface area contributed by atoms with Crippen LogP contribution < -0.4 is 5.73 Å². The highest BCUT2D eigenvalue weighted by molar-refractivity contribution is 5.84. The summed E-state index contributed by atoms with van der Waals surface area (Å²) in [6, 6.07) is 7.47. The standard InChI is InChI=1S/C12H14N4O2/c1-2-18-12(17)11-14-10(15-16-11)7-8-4-3-5-9(13)6-8/h3-6H,2,7,13H2,1H3,(H,14,15,16). The Bertz CT molecular complexity index is 551. The average Bonchev–Trinajstić information content (AvgIpc) is 2.78. The van der Waals surface area contributed by atoms with E-state index in [4.69, 9.17) is 10.5 Å². The third-order valence-electron chi connectivity index (χ3n) is 2.31. The first-order chi connectivity index (χ1) is 8.69. The van der Waals surface area contributed by atoms with Crippen LogP contribution in [0.2, 0.25) is 0 Å². The Kier molecular flexibility index (Phi) is 3.57. The van der Waals surface area contributed by atoms with Crippen LogP contribution in [0.3, 0.4) is 0 Å². The highest BCUT2D eigenvalue weighted by Gasteiger charge is 2.13. The first-order valence-corrected chi connectivity index (χ1v) is 5.62. The molecule has 0 saturated carbocycles. The minimum Gasteiger partial charge on any atom is -0.460 e. The van der Waals surface area contributed by atoms with Crippen molar-refractivity contribution < 1.29 is 9.53 Å². The molecular weight excluding hydrogens is 232 g/mol. The molecule has 94 valence electrons. The molecule has 0 fully saturated rings. The molecule has 1 aromatic carbocycles. The van der Waals surface area contributed by atoms with E-state index in [1.165, 1.54) is 0 Å². The van der Waals surface area contributed by atoms with Gasteiger partial charge in [-0.1, -0.05) is 12.1 Å². The first-order valence-electron chi connectivity index (χ1n) is 5.62. The zero-order valence-corrected chi connectivity index (χ0v) is 10.0. The minimum absolute atomic E-state index is 0.0516. The highest BCUT2D eigenvalue weighted by atomic mass is 16.5. The molecule has 2 rings (SSSR count). The number of aromatic nitrogens is 3. The Balaban J connectivity index is 2.09. The maximum atomic E-state index is 11.4. The first kappa shape index (κ1) is 12.1. The maximum absolute atomic E-state index is 11.4. The van der Waals surface area contributed by atoms with E-state index in [0.29, 0.717) is 24.5 Å². The summed E-state index contributed by atoms with van der Waals surface area (Å²) in [6.07, 6.45) is 0.539. The van der Waals surface area contributed by atoms with E-state index in [-0.39, 0.29) is 5.82 Å². The number of carbonyl (C=O) groups excluding carboxylic acids is 1. The summed E-state index contributed by atoms with van der Waals surface area (Å²) in [4.78, 5) is 15.4. The van der Waals surface area contributed by atoms with Crippen molar-refractivity contribution in [2.75, 3.05) is 12.3 Å². The van der Waals surface area contributed by atoms with Gasteiger partial charge in [0.15, 0.2) is 0 Å². The number of ether oxygens (including phenoxy) is 1. The number of hydrogen-bond donors (Lipinski definition) is 2. The molecule has 3 N–H and O–H groups in total. The predicted octanol–water partition coefficient (Wildman–Crippen LogP) is 1.15. The monoisotopic (exact) mass is 246 g/mol. The van der Waals surface area contributed by atoms with Gasteiger partial charge in [0, 0.05) is 12.1 Å². The van der Waals surface area contributed by atoms with E-state index in [1.54, 1.807) is 6.92 Å². The van der Waals surface area contributed by atoms with Gasteiger partial charge in [-0.3, -0.25) is 5.10 Å². The lowest BCUT2D eigenvalue weighted by Gasteiger charge is -1.99. The molecule has 0 unspecified atom stereocenters. The van der Waals surface area contributed by atoms with Crippen LogP contribution in [0.15, 0.2) is 24.3 Å². The number of anilines is 1. The van der Waals surface area contributed by atoms with Gasteiger partial charge in [-0.15, -0.1) is 5.10 Å². The van der Waals surface area contributed by atoms with Gasteiger partial charge in [0.1, 0.15) is 5.82 Å². The maximum Gasteiger partial charge on any atom is 0.378 e. The molecule has 6 heteroatoms. The van der Waals surface area contributed by atoms with Gasteiger partial charge >= 0.3 is 5.97 Å². The van der Waals surface area contributed by atoms with E-state index >= 15 is 0 Å². The molecule has 0 saturated heterocycles. The SMILES string of the molecule is CCOC(=O)c1n[nH]c(Cc2cccc(N)c2)n1. The molecule has 0 amide bonds. The molecule has 6 nitrogen and oxygen atoms in total. The van der Waals surface area contributed by atoms with E-state index in [0.717, 1.165) is 5.56 Å². The number of nitrogens with one attached hydrogen (secondary N) is 1. The van der Waals surface area contributed by atoms with Crippen LogP contribution in [0.5, 0.6) is 0 Å². The predicted molar refractivity (Wildman–Crippen MR) is 66.0 cm³/mol. The van der Waals surface area contributed by atoms with Crippen LogP contribution in [0.25, 0.3) is 0 Å². The molecule has 0 bridgehead atoms. The summed E-state index contributed by atoms with van der Waals surface area (Å²) in [7, 11) is 0. The number of esters is 1. The topological polar surface area (TPSA) is 93.9 Å². The fourth-order valence-electron chi connectivity index (χ4n) is 1.56.